The second-order valence-corrected chi connectivity index (χ2v) is 8.13. The summed E-state index contributed by atoms with van der Waals surface area (Å²) in [6, 6.07) is 3.11. The number of hydrogen-bond donors (Lipinski definition) is 0. The molecule has 2 saturated heterocycles. The predicted octanol–water partition coefficient (Wildman–Crippen LogP) is 1.89. The van der Waals surface area contributed by atoms with Crippen LogP contribution in [0.3, 0.4) is 0 Å². The molecule has 1 amide bonds. The third-order valence-corrected chi connectivity index (χ3v) is 6.28. The zero-order chi connectivity index (χ0) is 17.4. The van der Waals surface area contributed by atoms with E-state index < -0.39 is 0 Å². The summed E-state index contributed by atoms with van der Waals surface area (Å²) in [6.07, 6.45) is 7.40. The lowest BCUT2D eigenvalue weighted by Gasteiger charge is -2.41. The van der Waals surface area contributed by atoms with Crippen LogP contribution < -0.4 is 0 Å². The maximum absolute atomic E-state index is 12.8. The minimum atomic E-state index is 0.148. The van der Waals surface area contributed by atoms with Gasteiger partial charge >= 0.3 is 0 Å². The molecular weight excluding hydrogens is 316 g/mol. The van der Waals surface area contributed by atoms with Gasteiger partial charge in [0, 0.05) is 63.4 Å². The molecule has 0 spiro atoms. The Bertz CT molecular complexity index is 611. The van der Waals surface area contributed by atoms with Crippen molar-refractivity contribution in [2.45, 2.75) is 64.2 Å². The molecule has 1 aromatic rings. The Labute approximate surface area is 150 Å². The van der Waals surface area contributed by atoms with Crippen molar-refractivity contribution >= 4 is 5.91 Å². The van der Waals surface area contributed by atoms with Gasteiger partial charge in [-0.05, 0) is 38.7 Å². The number of aromatic nitrogens is 2. The molecule has 1 saturated carbocycles. The topological polar surface area (TPSA) is 50.6 Å². The molecule has 1 aromatic heterocycles. The van der Waals surface area contributed by atoms with Crippen molar-refractivity contribution in [2.24, 2.45) is 5.41 Å². The number of methoxy groups -OCH3 is 1. The molecule has 4 rings (SSSR count). The summed E-state index contributed by atoms with van der Waals surface area (Å²) in [5, 5.41) is 4.63. The second kappa shape index (κ2) is 6.72. The van der Waals surface area contributed by atoms with Crippen LogP contribution in [0.4, 0.5) is 0 Å². The maximum atomic E-state index is 12.8. The summed E-state index contributed by atoms with van der Waals surface area (Å²) in [5.74, 6) is 0.335. The Balaban J connectivity index is 1.35. The largest absolute Gasteiger partial charge is 0.384 e. The molecule has 2 atom stereocenters. The van der Waals surface area contributed by atoms with E-state index in [2.05, 4.69) is 34.1 Å². The van der Waals surface area contributed by atoms with E-state index in [1.165, 1.54) is 12.8 Å². The van der Waals surface area contributed by atoms with Gasteiger partial charge in [0.15, 0.2) is 0 Å². The molecule has 2 bridgehead atoms. The molecule has 6 heteroatoms. The average molecular weight is 346 g/mol. The monoisotopic (exact) mass is 346 g/mol. The first-order valence-corrected chi connectivity index (χ1v) is 9.67. The molecule has 3 aliphatic rings. The minimum absolute atomic E-state index is 0.148. The van der Waals surface area contributed by atoms with Crippen molar-refractivity contribution in [3.63, 3.8) is 0 Å². The van der Waals surface area contributed by atoms with Crippen molar-refractivity contribution in [1.29, 1.82) is 0 Å². The van der Waals surface area contributed by atoms with Gasteiger partial charge in [-0.2, -0.15) is 5.10 Å². The molecule has 0 N–H and O–H groups in total. The van der Waals surface area contributed by atoms with Crippen molar-refractivity contribution in [1.82, 2.24) is 19.6 Å². The normalized spacial score (nSPS) is 27.7. The van der Waals surface area contributed by atoms with Crippen LogP contribution in [0.2, 0.25) is 0 Å². The molecule has 3 fully saturated rings. The number of ether oxygens (including phenoxy) is 1. The molecular formula is C19H30N4O2. The number of piperazine rings is 1. The summed E-state index contributed by atoms with van der Waals surface area (Å²) >= 11 is 0. The van der Waals surface area contributed by atoms with Gasteiger partial charge in [-0.1, -0.05) is 0 Å². The van der Waals surface area contributed by atoms with Crippen molar-refractivity contribution in [3.05, 3.63) is 18.0 Å². The van der Waals surface area contributed by atoms with E-state index in [1.54, 1.807) is 7.11 Å². The summed E-state index contributed by atoms with van der Waals surface area (Å²) in [6.45, 7) is 6.43. The quantitative estimate of drug-likeness (QED) is 0.757. The van der Waals surface area contributed by atoms with Crippen LogP contribution in [-0.4, -0.2) is 64.4 Å². The van der Waals surface area contributed by atoms with Gasteiger partial charge in [-0.25, -0.2) is 0 Å². The zero-order valence-corrected chi connectivity index (χ0v) is 15.5. The lowest BCUT2D eigenvalue weighted by atomic mass is 10.0. The first-order chi connectivity index (χ1) is 12.1. The number of nitrogens with zero attached hydrogens (tertiary/aromatic N) is 4. The summed E-state index contributed by atoms with van der Waals surface area (Å²) < 4.78 is 7.31. The first kappa shape index (κ1) is 17.0. The number of rotatable bonds is 7. The fourth-order valence-corrected chi connectivity index (χ4v) is 4.59. The van der Waals surface area contributed by atoms with Gasteiger partial charge in [0.1, 0.15) is 0 Å². The van der Waals surface area contributed by atoms with Crippen molar-refractivity contribution in [3.8, 4) is 0 Å². The van der Waals surface area contributed by atoms with Crippen LogP contribution in [0, 0.1) is 5.41 Å². The number of hydrogen-bond acceptors (Lipinski definition) is 4. The van der Waals surface area contributed by atoms with Gasteiger partial charge in [0.2, 0.25) is 5.91 Å². The lowest BCUT2D eigenvalue weighted by molar-refractivity contribution is -0.136. The molecule has 2 aliphatic heterocycles. The van der Waals surface area contributed by atoms with E-state index in [0.29, 0.717) is 24.4 Å². The maximum Gasteiger partial charge on any atom is 0.223 e. The van der Waals surface area contributed by atoms with E-state index in [9.17, 15) is 4.79 Å². The molecule has 2 unspecified atom stereocenters. The number of amides is 1. The fraction of sp³-hybridized carbons (Fsp3) is 0.789. The molecule has 1 aliphatic carbocycles. The van der Waals surface area contributed by atoms with Gasteiger partial charge < -0.3 is 9.64 Å². The summed E-state index contributed by atoms with van der Waals surface area (Å²) in [5.41, 5.74) is 1.30. The molecule has 0 aromatic carbocycles. The first-order valence-electron chi connectivity index (χ1n) is 9.67. The third-order valence-electron chi connectivity index (χ3n) is 6.28. The molecule has 138 valence electrons. The van der Waals surface area contributed by atoms with E-state index in [4.69, 9.17) is 4.74 Å². The summed E-state index contributed by atoms with van der Waals surface area (Å²) in [7, 11) is 1.74. The number of carbonyl (C=O) groups is 1. The van der Waals surface area contributed by atoms with E-state index in [0.717, 1.165) is 51.3 Å². The van der Waals surface area contributed by atoms with Crippen LogP contribution in [0.15, 0.2) is 12.3 Å². The highest BCUT2D eigenvalue weighted by Gasteiger charge is 2.47. The Morgan fingerprint density at radius 1 is 1.32 bits per heavy atom. The average Bonchev–Trinajstić information content (AvgIpc) is 3.13. The molecule has 6 nitrogen and oxygen atoms in total. The van der Waals surface area contributed by atoms with Crippen LogP contribution in [0.1, 0.15) is 44.7 Å². The van der Waals surface area contributed by atoms with Gasteiger partial charge in [-0.15, -0.1) is 0 Å². The van der Waals surface area contributed by atoms with E-state index in [1.807, 2.05) is 4.68 Å². The van der Waals surface area contributed by atoms with Crippen LogP contribution >= 0.6 is 0 Å². The van der Waals surface area contributed by atoms with Gasteiger partial charge in [0.05, 0.1) is 12.3 Å². The Morgan fingerprint density at radius 3 is 2.60 bits per heavy atom. The lowest BCUT2D eigenvalue weighted by Crippen LogP contribution is -2.55. The number of likely N-dealkylation sites (tertiary alicyclic amines) is 1. The van der Waals surface area contributed by atoms with Crippen LogP contribution in [0.25, 0.3) is 0 Å². The number of aryl methyl sites for hydroxylation is 1. The third kappa shape index (κ3) is 3.47. The second-order valence-electron chi connectivity index (χ2n) is 8.13. The number of fused-ring (bicyclic) bond motifs is 2. The van der Waals surface area contributed by atoms with Gasteiger partial charge in [-0.3, -0.25) is 14.4 Å². The summed E-state index contributed by atoms with van der Waals surface area (Å²) in [4.78, 5) is 17.5. The van der Waals surface area contributed by atoms with E-state index in [-0.39, 0.29) is 5.41 Å². The SMILES string of the molecule is CCn1ccc(CN2C3CCC2CN(C(=O)CC2(COC)CC2)C3)n1. The Hall–Kier alpha value is -1.40. The van der Waals surface area contributed by atoms with Crippen molar-refractivity contribution in [2.75, 3.05) is 26.8 Å². The van der Waals surface area contributed by atoms with Crippen molar-refractivity contribution < 1.29 is 9.53 Å². The highest BCUT2D eigenvalue weighted by molar-refractivity contribution is 5.77. The highest BCUT2D eigenvalue weighted by Crippen LogP contribution is 2.49. The van der Waals surface area contributed by atoms with Crippen LogP contribution in [0.5, 0.6) is 0 Å². The minimum Gasteiger partial charge on any atom is -0.384 e. The van der Waals surface area contributed by atoms with E-state index >= 15 is 0 Å². The van der Waals surface area contributed by atoms with Gasteiger partial charge in [0.25, 0.3) is 0 Å². The number of carbonyl (C=O) groups excluding carboxylic acids is 1. The smallest absolute Gasteiger partial charge is 0.223 e. The standard InChI is InChI=1S/C19H30N4O2/c1-3-22-9-6-15(20-22)11-23-16-4-5-17(23)13-21(12-16)18(24)10-19(7-8-19)14-25-2/h6,9,16-17H,3-5,7-8,10-14H2,1-2H3. The Kier molecular flexibility index (Phi) is 4.58. The van der Waals surface area contributed by atoms with Crippen LogP contribution in [-0.2, 0) is 22.6 Å². The predicted molar refractivity (Wildman–Crippen MR) is 95.0 cm³/mol. The molecule has 3 heterocycles. The zero-order valence-electron chi connectivity index (χ0n) is 15.5. The Morgan fingerprint density at radius 2 is 2.04 bits per heavy atom. The molecule has 25 heavy (non-hydrogen) atoms. The highest BCUT2D eigenvalue weighted by atomic mass is 16.5. The fourth-order valence-electron chi connectivity index (χ4n) is 4.59. The molecule has 0 radical (unpaired) electrons.